The van der Waals surface area contributed by atoms with Crippen molar-refractivity contribution in [2.75, 3.05) is 46.3 Å². The Bertz CT molecular complexity index is 138. The van der Waals surface area contributed by atoms with Gasteiger partial charge in [-0.1, -0.05) is 6.92 Å². The molecule has 14 heavy (non-hydrogen) atoms. The number of likely N-dealkylation sites (N-methyl/N-ethyl adjacent to an activating group) is 1. The number of hydrogen-bond acceptors (Lipinski definition) is 3. The van der Waals surface area contributed by atoms with E-state index < -0.39 is 0 Å². The second-order valence-corrected chi connectivity index (χ2v) is 4.33. The molecular weight excluding hydrogens is 174 g/mol. The molecule has 0 amide bonds. The van der Waals surface area contributed by atoms with Gasteiger partial charge in [-0.05, 0) is 45.4 Å². The smallest absolute Gasteiger partial charge is 0.00768 e. The number of nitrogens with zero attached hydrogens (tertiary/aromatic N) is 1. The Kier molecular flexibility index (Phi) is 6.15. The van der Waals surface area contributed by atoms with Crippen molar-refractivity contribution in [2.45, 2.75) is 19.8 Å². The number of likely N-dealkylation sites (tertiary alicyclic amines) is 1. The van der Waals surface area contributed by atoms with Gasteiger partial charge in [0.15, 0.2) is 0 Å². The Morgan fingerprint density at radius 3 is 2.79 bits per heavy atom. The van der Waals surface area contributed by atoms with E-state index in [1.807, 2.05) is 0 Å². The molecule has 1 fully saturated rings. The second-order valence-electron chi connectivity index (χ2n) is 4.33. The highest BCUT2D eigenvalue weighted by Crippen LogP contribution is 2.13. The highest BCUT2D eigenvalue weighted by atomic mass is 15.1. The van der Waals surface area contributed by atoms with Crippen molar-refractivity contribution in [3.63, 3.8) is 0 Å². The first-order chi connectivity index (χ1) is 6.83. The summed E-state index contributed by atoms with van der Waals surface area (Å²) < 4.78 is 0. The molecule has 0 spiro atoms. The first-order valence-electron chi connectivity index (χ1n) is 5.93. The van der Waals surface area contributed by atoms with E-state index in [4.69, 9.17) is 0 Å². The van der Waals surface area contributed by atoms with Gasteiger partial charge in [-0.25, -0.2) is 0 Å². The van der Waals surface area contributed by atoms with Crippen LogP contribution in [0.5, 0.6) is 0 Å². The summed E-state index contributed by atoms with van der Waals surface area (Å²) >= 11 is 0. The Hall–Kier alpha value is -0.120. The van der Waals surface area contributed by atoms with Crippen molar-refractivity contribution in [3.05, 3.63) is 0 Å². The number of rotatable bonds is 6. The molecule has 0 bridgehead atoms. The molecule has 0 aromatic carbocycles. The fraction of sp³-hybridized carbons (Fsp3) is 1.00. The van der Waals surface area contributed by atoms with Gasteiger partial charge in [-0.2, -0.15) is 0 Å². The summed E-state index contributed by atoms with van der Waals surface area (Å²) in [6, 6.07) is 0. The van der Waals surface area contributed by atoms with E-state index in [9.17, 15) is 0 Å². The largest absolute Gasteiger partial charge is 0.316 e. The highest BCUT2D eigenvalue weighted by Gasteiger charge is 2.15. The summed E-state index contributed by atoms with van der Waals surface area (Å²) in [7, 11) is 2.23. The van der Waals surface area contributed by atoms with E-state index in [1.54, 1.807) is 0 Å². The maximum absolute atomic E-state index is 3.52. The van der Waals surface area contributed by atoms with Gasteiger partial charge >= 0.3 is 0 Å². The summed E-state index contributed by atoms with van der Waals surface area (Å²) in [6.07, 6.45) is 2.77. The third kappa shape index (κ3) is 4.94. The standard InChI is InChI=1S/C11H25N3/c1-3-12-6-7-13-9-11-5-4-8-14(2)10-11/h11-13H,3-10H2,1-2H3. The number of hydrogen-bond donors (Lipinski definition) is 2. The monoisotopic (exact) mass is 199 g/mol. The van der Waals surface area contributed by atoms with Crippen LogP contribution in [0.25, 0.3) is 0 Å². The lowest BCUT2D eigenvalue weighted by Gasteiger charge is -2.29. The Morgan fingerprint density at radius 1 is 1.29 bits per heavy atom. The second kappa shape index (κ2) is 7.21. The summed E-state index contributed by atoms with van der Waals surface area (Å²) in [6.45, 7) is 9.18. The SMILES string of the molecule is CCNCCNCC1CCCN(C)C1. The van der Waals surface area contributed by atoms with Crippen LogP contribution < -0.4 is 10.6 Å². The molecule has 1 saturated heterocycles. The zero-order valence-corrected chi connectivity index (χ0v) is 9.68. The van der Waals surface area contributed by atoms with Crippen LogP contribution >= 0.6 is 0 Å². The Morgan fingerprint density at radius 2 is 2.07 bits per heavy atom. The Labute approximate surface area is 88.2 Å². The molecule has 0 aromatic heterocycles. The van der Waals surface area contributed by atoms with Crippen molar-refractivity contribution in [1.29, 1.82) is 0 Å². The van der Waals surface area contributed by atoms with Gasteiger partial charge in [-0.3, -0.25) is 0 Å². The molecule has 84 valence electrons. The molecule has 3 nitrogen and oxygen atoms in total. The molecule has 0 aliphatic carbocycles. The number of nitrogens with one attached hydrogen (secondary N) is 2. The molecule has 2 N–H and O–H groups in total. The lowest BCUT2D eigenvalue weighted by molar-refractivity contribution is 0.206. The molecule has 3 heteroatoms. The molecule has 0 aromatic rings. The van der Waals surface area contributed by atoms with Gasteiger partial charge in [0.2, 0.25) is 0 Å². The minimum Gasteiger partial charge on any atom is -0.316 e. The van der Waals surface area contributed by atoms with E-state index in [0.29, 0.717) is 0 Å². The van der Waals surface area contributed by atoms with Crippen LogP contribution in [-0.4, -0.2) is 51.2 Å². The lowest BCUT2D eigenvalue weighted by atomic mass is 9.98. The van der Waals surface area contributed by atoms with Crippen molar-refractivity contribution < 1.29 is 0 Å². The Balaban J connectivity index is 1.95. The van der Waals surface area contributed by atoms with Crippen molar-refractivity contribution >= 4 is 0 Å². The van der Waals surface area contributed by atoms with Gasteiger partial charge in [0.25, 0.3) is 0 Å². The zero-order chi connectivity index (χ0) is 10.2. The van der Waals surface area contributed by atoms with Gasteiger partial charge in [0.1, 0.15) is 0 Å². The van der Waals surface area contributed by atoms with Crippen molar-refractivity contribution in [1.82, 2.24) is 15.5 Å². The minimum atomic E-state index is 0.871. The first-order valence-corrected chi connectivity index (χ1v) is 5.93. The summed E-state index contributed by atoms with van der Waals surface area (Å²) in [5.41, 5.74) is 0. The summed E-state index contributed by atoms with van der Waals surface area (Å²) in [4.78, 5) is 2.44. The highest BCUT2D eigenvalue weighted by molar-refractivity contribution is 4.72. The van der Waals surface area contributed by atoms with Crippen LogP contribution in [-0.2, 0) is 0 Å². The van der Waals surface area contributed by atoms with E-state index in [1.165, 1.54) is 32.5 Å². The molecule has 0 saturated carbocycles. The lowest BCUT2D eigenvalue weighted by Crippen LogP contribution is -2.38. The normalized spacial score (nSPS) is 24.0. The van der Waals surface area contributed by atoms with Gasteiger partial charge < -0.3 is 15.5 Å². The molecule has 1 unspecified atom stereocenters. The van der Waals surface area contributed by atoms with Crippen molar-refractivity contribution in [3.8, 4) is 0 Å². The van der Waals surface area contributed by atoms with E-state index >= 15 is 0 Å². The first kappa shape index (κ1) is 12.0. The van der Waals surface area contributed by atoms with E-state index in [-0.39, 0.29) is 0 Å². The van der Waals surface area contributed by atoms with Crippen LogP contribution in [0.3, 0.4) is 0 Å². The fourth-order valence-electron chi connectivity index (χ4n) is 2.10. The average molecular weight is 199 g/mol. The van der Waals surface area contributed by atoms with Crippen molar-refractivity contribution in [2.24, 2.45) is 5.92 Å². The summed E-state index contributed by atoms with van der Waals surface area (Å²) in [5, 5.41) is 6.84. The molecule has 0 radical (unpaired) electrons. The third-order valence-electron chi connectivity index (χ3n) is 2.88. The molecule has 1 rings (SSSR count). The molecule has 1 aliphatic heterocycles. The van der Waals surface area contributed by atoms with Crippen LogP contribution in [0.15, 0.2) is 0 Å². The number of piperidine rings is 1. The zero-order valence-electron chi connectivity index (χ0n) is 9.68. The third-order valence-corrected chi connectivity index (χ3v) is 2.88. The molecule has 1 heterocycles. The van der Waals surface area contributed by atoms with E-state index in [2.05, 4.69) is 29.5 Å². The quantitative estimate of drug-likeness (QED) is 0.611. The van der Waals surface area contributed by atoms with Crippen LogP contribution in [0.1, 0.15) is 19.8 Å². The predicted octanol–water partition coefficient (Wildman–Crippen LogP) is 0.527. The van der Waals surface area contributed by atoms with Gasteiger partial charge in [-0.15, -0.1) is 0 Å². The minimum absolute atomic E-state index is 0.871. The predicted molar refractivity (Wildman–Crippen MR) is 61.6 cm³/mol. The average Bonchev–Trinajstić information content (AvgIpc) is 2.18. The van der Waals surface area contributed by atoms with Crippen LogP contribution in [0, 0.1) is 5.92 Å². The van der Waals surface area contributed by atoms with E-state index in [0.717, 1.165) is 25.6 Å². The van der Waals surface area contributed by atoms with Gasteiger partial charge in [0.05, 0.1) is 0 Å². The fourth-order valence-corrected chi connectivity index (χ4v) is 2.10. The molecule has 1 aliphatic rings. The molecular formula is C11H25N3. The topological polar surface area (TPSA) is 27.3 Å². The maximum atomic E-state index is 3.52. The van der Waals surface area contributed by atoms with Crippen LogP contribution in [0.2, 0.25) is 0 Å². The maximum Gasteiger partial charge on any atom is 0.00768 e. The van der Waals surface area contributed by atoms with Gasteiger partial charge in [0, 0.05) is 19.6 Å². The molecule has 1 atom stereocenters. The van der Waals surface area contributed by atoms with Crippen LogP contribution in [0.4, 0.5) is 0 Å². The summed E-state index contributed by atoms with van der Waals surface area (Å²) in [5.74, 6) is 0.871.